The van der Waals surface area contributed by atoms with Gasteiger partial charge in [-0.3, -0.25) is 4.79 Å². The Kier molecular flexibility index (Phi) is 4.78. The van der Waals surface area contributed by atoms with Crippen LogP contribution in [-0.4, -0.2) is 5.78 Å². The lowest BCUT2D eigenvalue weighted by atomic mass is 9.92. The van der Waals surface area contributed by atoms with Crippen LogP contribution in [0.15, 0.2) is 47.7 Å². The zero-order valence-corrected chi connectivity index (χ0v) is 12.5. The number of carbonyl (C=O) groups is 1. The van der Waals surface area contributed by atoms with Crippen molar-refractivity contribution in [3.05, 3.63) is 58.9 Å². The maximum absolute atomic E-state index is 12.1. The Morgan fingerprint density at radius 2 is 1.70 bits per heavy atom. The summed E-state index contributed by atoms with van der Waals surface area (Å²) in [7, 11) is 0. The van der Waals surface area contributed by atoms with Crippen molar-refractivity contribution >= 4 is 5.78 Å². The fraction of sp³-hybridized carbons (Fsp3) is 0.389. The molecule has 1 aliphatic heterocycles. The predicted octanol–water partition coefficient (Wildman–Crippen LogP) is 4.66. The van der Waals surface area contributed by atoms with Gasteiger partial charge >= 0.3 is 0 Å². The number of fused-ring (bicyclic) bond motifs is 1. The van der Waals surface area contributed by atoms with Gasteiger partial charge in [-0.2, -0.15) is 0 Å². The monoisotopic (exact) mass is 270 g/mol. The Balaban J connectivity index is 0.000000704. The van der Waals surface area contributed by atoms with E-state index in [1.807, 2.05) is 38.1 Å². The first-order valence-corrected chi connectivity index (χ1v) is 7.41. The van der Waals surface area contributed by atoms with Crippen molar-refractivity contribution < 1.29 is 9.53 Å². The lowest BCUT2D eigenvalue weighted by Crippen LogP contribution is -2.22. The van der Waals surface area contributed by atoms with Crippen LogP contribution in [0.2, 0.25) is 0 Å². The summed E-state index contributed by atoms with van der Waals surface area (Å²) in [5.74, 6) is 0.987. The zero-order valence-electron chi connectivity index (χ0n) is 12.5. The molecule has 1 fully saturated rings. The summed E-state index contributed by atoms with van der Waals surface area (Å²) in [5, 5.41) is 0. The summed E-state index contributed by atoms with van der Waals surface area (Å²) in [6.45, 7) is 6.06. The van der Waals surface area contributed by atoms with Crippen LogP contribution in [0, 0.1) is 6.92 Å². The van der Waals surface area contributed by atoms with Gasteiger partial charge in [0.05, 0.1) is 12.0 Å². The van der Waals surface area contributed by atoms with Gasteiger partial charge in [-0.1, -0.05) is 49.8 Å². The minimum atomic E-state index is -0.125. The fourth-order valence-electron chi connectivity index (χ4n) is 2.46. The average Bonchev–Trinajstić information content (AvgIpc) is 2.50. The van der Waals surface area contributed by atoms with E-state index in [9.17, 15) is 4.79 Å². The number of ether oxygens (including phenoxy) is 1. The van der Waals surface area contributed by atoms with Crippen LogP contribution >= 0.6 is 0 Å². The first kappa shape index (κ1) is 14.6. The molecule has 2 aliphatic rings. The summed E-state index contributed by atoms with van der Waals surface area (Å²) in [4.78, 5) is 12.1. The highest BCUT2D eigenvalue weighted by Crippen LogP contribution is 2.36. The van der Waals surface area contributed by atoms with Gasteiger partial charge < -0.3 is 4.74 Å². The molecular weight excluding hydrogens is 248 g/mol. The number of hydrogen-bond acceptors (Lipinski definition) is 2. The first-order chi connectivity index (χ1) is 9.74. The highest BCUT2D eigenvalue weighted by molar-refractivity contribution is 6.00. The molecule has 0 amide bonds. The van der Waals surface area contributed by atoms with E-state index < -0.39 is 0 Å². The van der Waals surface area contributed by atoms with E-state index in [0.29, 0.717) is 6.42 Å². The number of Topliss-reactive ketones (excluding diaryl/α,β-unsaturated/α-hetero) is 1. The Bertz CT molecular complexity index is 535. The molecule has 2 nitrogen and oxygen atoms in total. The van der Waals surface area contributed by atoms with Gasteiger partial charge in [-0.15, -0.1) is 0 Å². The molecule has 0 bridgehead atoms. The van der Waals surface area contributed by atoms with Crippen molar-refractivity contribution in [1.82, 2.24) is 0 Å². The number of carbonyl (C=O) groups excluding carboxylic acids is 1. The average molecular weight is 270 g/mol. The van der Waals surface area contributed by atoms with E-state index in [4.69, 9.17) is 4.74 Å². The van der Waals surface area contributed by atoms with Crippen molar-refractivity contribution in [2.75, 3.05) is 0 Å². The topological polar surface area (TPSA) is 26.3 Å². The van der Waals surface area contributed by atoms with Gasteiger partial charge in [0.2, 0.25) is 0 Å². The van der Waals surface area contributed by atoms with Crippen LogP contribution in [0.5, 0.6) is 0 Å². The smallest absolute Gasteiger partial charge is 0.170 e. The van der Waals surface area contributed by atoms with Crippen LogP contribution in [0.1, 0.15) is 50.3 Å². The summed E-state index contributed by atoms with van der Waals surface area (Å²) >= 11 is 0. The zero-order chi connectivity index (χ0) is 14.5. The third kappa shape index (κ3) is 3.01. The fourth-order valence-corrected chi connectivity index (χ4v) is 2.46. The Labute approximate surface area is 121 Å². The Morgan fingerprint density at radius 3 is 2.40 bits per heavy atom. The molecule has 2 heteroatoms. The summed E-state index contributed by atoms with van der Waals surface area (Å²) in [6, 6.07) is 8.21. The van der Waals surface area contributed by atoms with E-state index >= 15 is 0 Å². The molecule has 1 aliphatic carbocycles. The first-order valence-electron chi connectivity index (χ1n) is 7.41. The van der Waals surface area contributed by atoms with Gasteiger partial charge in [0.25, 0.3) is 0 Å². The lowest BCUT2D eigenvalue weighted by molar-refractivity contribution is -0.120. The van der Waals surface area contributed by atoms with E-state index in [1.165, 1.54) is 5.56 Å². The van der Waals surface area contributed by atoms with Crippen molar-refractivity contribution in [3.8, 4) is 0 Å². The second kappa shape index (κ2) is 6.56. The van der Waals surface area contributed by atoms with Crippen molar-refractivity contribution in [3.63, 3.8) is 0 Å². The Hall–Kier alpha value is -1.83. The van der Waals surface area contributed by atoms with E-state index in [0.717, 1.165) is 29.7 Å². The highest BCUT2D eigenvalue weighted by Gasteiger charge is 2.30. The Morgan fingerprint density at radius 1 is 1.05 bits per heavy atom. The van der Waals surface area contributed by atoms with Crippen molar-refractivity contribution in [1.29, 1.82) is 0 Å². The summed E-state index contributed by atoms with van der Waals surface area (Å²) in [5.41, 5.74) is 3.09. The maximum Gasteiger partial charge on any atom is 0.170 e. The lowest BCUT2D eigenvalue weighted by Gasteiger charge is -2.29. The van der Waals surface area contributed by atoms with Gasteiger partial charge in [-0.05, 0) is 31.4 Å². The van der Waals surface area contributed by atoms with Crippen molar-refractivity contribution in [2.45, 2.75) is 46.1 Å². The van der Waals surface area contributed by atoms with Crippen LogP contribution in [-0.2, 0) is 9.53 Å². The number of allylic oxidation sites excluding steroid dienone is 3. The van der Waals surface area contributed by atoms with E-state index in [-0.39, 0.29) is 11.9 Å². The molecule has 20 heavy (non-hydrogen) atoms. The molecule has 1 atom stereocenters. The molecule has 0 aromatic heterocycles. The molecular formula is C18H22O2. The molecule has 106 valence electrons. The second-order valence-electron chi connectivity index (χ2n) is 4.91. The minimum Gasteiger partial charge on any atom is -0.485 e. The number of hydrogen-bond donors (Lipinski definition) is 0. The molecule has 0 N–H and O–H groups in total. The van der Waals surface area contributed by atoms with Crippen LogP contribution in [0.3, 0.4) is 0 Å². The molecule has 1 heterocycles. The number of ketones is 1. The summed E-state index contributed by atoms with van der Waals surface area (Å²) < 4.78 is 5.96. The summed E-state index contributed by atoms with van der Waals surface area (Å²) in [6.07, 6.45) is 6.28. The molecule has 1 unspecified atom stereocenters. The van der Waals surface area contributed by atoms with Gasteiger partial charge in [0.1, 0.15) is 11.9 Å². The third-order valence-electron chi connectivity index (χ3n) is 3.50. The quantitative estimate of drug-likeness (QED) is 0.742. The second-order valence-corrected chi connectivity index (χ2v) is 4.91. The number of rotatable bonds is 1. The van der Waals surface area contributed by atoms with E-state index in [1.54, 1.807) is 0 Å². The largest absolute Gasteiger partial charge is 0.485 e. The maximum atomic E-state index is 12.1. The van der Waals surface area contributed by atoms with Crippen LogP contribution in [0.25, 0.3) is 0 Å². The van der Waals surface area contributed by atoms with Crippen molar-refractivity contribution in [2.24, 2.45) is 0 Å². The molecule has 0 radical (unpaired) electrons. The molecule has 1 saturated heterocycles. The van der Waals surface area contributed by atoms with Gasteiger partial charge in [0, 0.05) is 0 Å². The normalized spacial score (nSPS) is 20.8. The molecule has 1 aromatic carbocycles. The number of benzene rings is 1. The molecule has 0 saturated carbocycles. The SMILES string of the molecule is CC.Cc1ccc(C2CC(=O)C3=CCCC=C3O2)cc1. The molecule has 0 spiro atoms. The molecule has 3 rings (SSSR count). The van der Waals surface area contributed by atoms with Gasteiger partial charge in [0.15, 0.2) is 5.78 Å². The minimum absolute atomic E-state index is 0.125. The van der Waals surface area contributed by atoms with Crippen LogP contribution in [0.4, 0.5) is 0 Å². The van der Waals surface area contributed by atoms with Gasteiger partial charge in [-0.25, -0.2) is 0 Å². The third-order valence-corrected chi connectivity index (χ3v) is 3.50. The van der Waals surface area contributed by atoms with Crippen LogP contribution < -0.4 is 0 Å². The highest BCUT2D eigenvalue weighted by atomic mass is 16.5. The number of aryl methyl sites for hydroxylation is 1. The predicted molar refractivity (Wildman–Crippen MR) is 81.4 cm³/mol. The standard InChI is InChI=1S/C16H16O2.C2H6/c1-11-6-8-12(9-7-11)16-10-14(17)13-4-2-3-5-15(13)18-16;1-2/h4-9,16H,2-3,10H2,1H3;1-2H3. The molecule has 1 aromatic rings. The van der Waals surface area contributed by atoms with E-state index in [2.05, 4.69) is 19.1 Å².